The lowest BCUT2D eigenvalue weighted by atomic mass is 9.87. The first-order valence-electron chi connectivity index (χ1n) is 17.6. The van der Waals surface area contributed by atoms with Crippen molar-refractivity contribution in [3.05, 3.63) is 143 Å². The minimum Gasteiger partial charge on any atom is -0.313 e. The van der Waals surface area contributed by atoms with E-state index in [4.69, 9.17) is 5.41 Å². The maximum absolute atomic E-state index is 8.33. The Balaban J connectivity index is 1.36. The van der Waals surface area contributed by atoms with Gasteiger partial charge in [0.2, 0.25) is 0 Å². The van der Waals surface area contributed by atoms with E-state index < -0.39 is 0 Å². The molecule has 3 heteroatoms. The van der Waals surface area contributed by atoms with Gasteiger partial charge in [0.05, 0.1) is 16.6 Å². The van der Waals surface area contributed by atoms with Crippen LogP contribution in [0.5, 0.6) is 0 Å². The highest BCUT2D eigenvalue weighted by molar-refractivity contribution is 6.27. The molecule has 0 fully saturated rings. The van der Waals surface area contributed by atoms with Crippen molar-refractivity contribution in [2.75, 3.05) is 0 Å². The number of hydrogen-bond donors (Lipinski definition) is 1. The molecule has 2 heterocycles. The summed E-state index contributed by atoms with van der Waals surface area (Å²) in [6, 6.07) is 19.9. The molecule has 4 unspecified atom stereocenters. The Morgan fingerprint density at radius 1 is 0.792 bits per heavy atom. The van der Waals surface area contributed by atoms with Crippen LogP contribution in [0.25, 0.3) is 56.3 Å². The molecule has 4 aliphatic carbocycles. The highest BCUT2D eigenvalue weighted by Gasteiger charge is 2.31. The van der Waals surface area contributed by atoms with Crippen LogP contribution < -0.4 is 0 Å². The fourth-order valence-corrected chi connectivity index (χ4v) is 8.77. The number of aromatic nitrogens is 2. The summed E-state index contributed by atoms with van der Waals surface area (Å²) in [5.74, 6) is 1.10. The quantitative estimate of drug-likeness (QED) is 0.149. The topological polar surface area (TPSA) is 33.7 Å². The maximum atomic E-state index is 8.33. The Bertz CT molecular complexity index is 2340. The van der Waals surface area contributed by atoms with Crippen molar-refractivity contribution in [2.24, 2.45) is 17.8 Å². The number of aryl methyl sites for hydroxylation is 1. The number of hydrogen-bond acceptors (Lipinski definition) is 1. The fourth-order valence-electron chi connectivity index (χ4n) is 8.77. The number of nitrogens with one attached hydrogen (secondary N) is 1. The van der Waals surface area contributed by atoms with Crippen LogP contribution in [0.15, 0.2) is 115 Å². The van der Waals surface area contributed by atoms with Crippen molar-refractivity contribution in [3.8, 4) is 0 Å². The maximum Gasteiger partial charge on any atom is 0.0620 e. The van der Waals surface area contributed by atoms with E-state index in [9.17, 15) is 0 Å². The average Bonchev–Trinajstić information content (AvgIpc) is 3.66. The second kappa shape index (κ2) is 11.5. The summed E-state index contributed by atoms with van der Waals surface area (Å²) in [7, 11) is 0. The Morgan fingerprint density at radius 3 is 2.44 bits per heavy atom. The predicted octanol–water partition coefficient (Wildman–Crippen LogP) is 11.4. The zero-order valence-electron chi connectivity index (χ0n) is 27.7. The average molecular weight is 624 g/mol. The van der Waals surface area contributed by atoms with Crippen molar-refractivity contribution in [2.45, 2.75) is 45.4 Å². The van der Waals surface area contributed by atoms with Gasteiger partial charge in [-0.1, -0.05) is 116 Å². The highest BCUT2D eigenvalue weighted by Crippen LogP contribution is 2.49. The van der Waals surface area contributed by atoms with Gasteiger partial charge in [-0.05, 0) is 67.9 Å². The molecule has 0 aliphatic heterocycles. The molecular weight excluding hydrogens is 583 g/mol. The molecule has 0 amide bonds. The molecule has 0 saturated carbocycles. The Hall–Kier alpha value is -5.15. The van der Waals surface area contributed by atoms with Crippen LogP contribution in [0.3, 0.4) is 0 Å². The third kappa shape index (κ3) is 4.37. The number of benzene rings is 3. The molecule has 3 aromatic carbocycles. The smallest absolute Gasteiger partial charge is 0.0620 e. The lowest BCUT2D eigenvalue weighted by molar-refractivity contribution is 0.684. The first kappa shape index (κ1) is 29.0. The van der Waals surface area contributed by atoms with Gasteiger partial charge in [-0.15, -0.1) is 0 Å². The van der Waals surface area contributed by atoms with Gasteiger partial charge in [0.15, 0.2) is 0 Å². The standard InChI is InChI=1S/C45H41N3/c1-3-11-30-21-24-35(27-33(30)28-46)48-41-26-29(2)18-25-39(41)43-42-38-16-9-10-17-40(38)47(44(42)36-14-7-8-15-37(36)45(43)48)34-22-19-32(20-23-34)31-12-5-4-6-13-31/h3-6,8-13,15-19,21-25,27-30,32-33,46H,7,14,20,26H2,1-2H3/b11-3-,46-28?. The van der Waals surface area contributed by atoms with Crippen molar-refractivity contribution >= 4 is 62.5 Å². The number of rotatable bonds is 5. The second-order valence-corrected chi connectivity index (χ2v) is 13.9. The monoisotopic (exact) mass is 623 g/mol. The fraction of sp³-hybridized carbons (Fsp3) is 0.222. The number of allylic oxidation sites excluding steroid dienone is 12. The molecule has 9 rings (SSSR count). The highest BCUT2D eigenvalue weighted by atomic mass is 15.0. The van der Waals surface area contributed by atoms with Crippen LogP contribution in [-0.2, 0) is 12.8 Å². The van der Waals surface area contributed by atoms with E-state index in [-0.39, 0.29) is 11.8 Å². The van der Waals surface area contributed by atoms with E-state index in [1.165, 1.54) is 72.1 Å². The minimum atomic E-state index is 0.0348. The molecule has 4 aliphatic rings. The van der Waals surface area contributed by atoms with Crippen molar-refractivity contribution < 1.29 is 0 Å². The first-order valence-corrected chi connectivity index (χ1v) is 17.6. The largest absolute Gasteiger partial charge is 0.313 e. The normalized spacial score (nSPS) is 23.2. The Morgan fingerprint density at radius 2 is 1.62 bits per heavy atom. The molecule has 5 aromatic rings. The van der Waals surface area contributed by atoms with E-state index in [2.05, 4.69) is 150 Å². The van der Waals surface area contributed by atoms with Crippen molar-refractivity contribution in [1.82, 2.24) is 9.13 Å². The van der Waals surface area contributed by atoms with Gasteiger partial charge in [-0.25, -0.2) is 0 Å². The van der Waals surface area contributed by atoms with Crippen LogP contribution in [0.2, 0.25) is 0 Å². The van der Waals surface area contributed by atoms with E-state index in [0.717, 1.165) is 25.7 Å². The summed E-state index contributed by atoms with van der Waals surface area (Å²) in [6.07, 6.45) is 33.7. The lowest BCUT2D eigenvalue weighted by Gasteiger charge is -2.25. The molecule has 3 nitrogen and oxygen atoms in total. The lowest BCUT2D eigenvalue weighted by Crippen LogP contribution is -2.16. The van der Waals surface area contributed by atoms with Crippen LogP contribution in [0.4, 0.5) is 0 Å². The van der Waals surface area contributed by atoms with E-state index in [0.29, 0.717) is 11.8 Å². The van der Waals surface area contributed by atoms with Gasteiger partial charge in [0, 0.05) is 68.3 Å². The van der Waals surface area contributed by atoms with E-state index in [1.807, 2.05) is 0 Å². The zero-order chi connectivity index (χ0) is 32.4. The summed E-state index contributed by atoms with van der Waals surface area (Å²) >= 11 is 0. The van der Waals surface area contributed by atoms with Gasteiger partial charge in [0.25, 0.3) is 0 Å². The Labute approximate surface area is 282 Å². The van der Waals surface area contributed by atoms with Gasteiger partial charge in [0.1, 0.15) is 0 Å². The zero-order valence-corrected chi connectivity index (χ0v) is 27.7. The third-order valence-corrected chi connectivity index (χ3v) is 11.0. The predicted molar refractivity (Wildman–Crippen MR) is 205 cm³/mol. The summed E-state index contributed by atoms with van der Waals surface area (Å²) in [5.41, 5.74) is 13.3. The molecule has 0 spiro atoms. The first-order chi connectivity index (χ1) is 23.7. The molecular formula is C45H41N3. The van der Waals surface area contributed by atoms with Gasteiger partial charge >= 0.3 is 0 Å². The summed E-state index contributed by atoms with van der Waals surface area (Å²) in [5, 5.41) is 12.4. The van der Waals surface area contributed by atoms with Gasteiger partial charge in [-0.2, -0.15) is 0 Å². The molecule has 0 bridgehead atoms. The molecule has 236 valence electrons. The third-order valence-electron chi connectivity index (χ3n) is 11.0. The van der Waals surface area contributed by atoms with Gasteiger partial charge < -0.3 is 14.5 Å². The SMILES string of the molecule is C/C=C\C1C=CC(n2c3c(c4c5c6ccccc6n(C6=CCC(c7ccccc7)C=C6)c5c5c(c42)C=CCC5)C=CC(C)C3)=CC1C=N. The van der Waals surface area contributed by atoms with Crippen LogP contribution in [-0.4, -0.2) is 15.3 Å². The molecule has 0 saturated heterocycles. The van der Waals surface area contributed by atoms with E-state index in [1.54, 1.807) is 6.21 Å². The van der Waals surface area contributed by atoms with Crippen molar-refractivity contribution in [3.63, 3.8) is 0 Å². The minimum absolute atomic E-state index is 0.0348. The van der Waals surface area contributed by atoms with Crippen molar-refractivity contribution in [1.29, 1.82) is 5.41 Å². The van der Waals surface area contributed by atoms with Crippen LogP contribution in [0, 0.1) is 23.2 Å². The Kier molecular flexibility index (Phi) is 6.97. The molecule has 48 heavy (non-hydrogen) atoms. The molecule has 4 atom stereocenters. The van der Waals surface area contributed by atoms with E-state index >= 15 is 0 Å². The summed E-state index contributed by atoms with van der Waals surface area (Å²) in [6.45, 7) is 4.40. The molecule has 0 radical (unpaired) electrons. The number of fused-ring (bicyclic) bond motifs is 10. The second-order valence-electron chi connectivity index (χ2n) is 13.9. The van der Waals surface area contributed by atoms with Crippen LogP contribution >= 0.6 is 0 Å². The van der Waals surface area contributed by atoms with Gasteiger partial charge in [-0.3, -0.25) is 0 Å². The molecule has 2 aromatic heterocycles. The number of para-hydroxylation sites is 1. The summed E-state index contributed by atoms with van der Waals surface area (Å²) in [4.78, 5) is 0. The molecule has 1 N–H and O–H groups in total. The summed E-state index contributed by atoms with van der Waals surface area (Å²) < 4.78 is 5.15. The van der Waals surface area contributed by atoms with Crippen LogP contribution in [0.1, 0.15) is 60.6 Å². The number of nitrogens with zero attached hydrogens (tertiary/aromatic N) is 2.